The van der Waals surface area contributed by atoms with Crippen molar-refractivity contribution in [1.82, 2.24) is 14.5 Å². The Morgan fingerprint density at radius 2 is 2.04 bits per heavy atom. The molecule has 0 aliphatic rings. The summed E-state index contributed by atoms with van der Waals surface area (Å²) in [6, 6.07) is 8.28. The average Bonchev–Trinajstić information content (AvgIpc) is 2.66. The minimum absolute atomic E-state index is 0.113. The lowest BCUT2D eigenvalue weighted by Crippen LogP contribution is -2.26. The highest BCUT2D eigenvalue weighted by atomic mass is 35.5. The van der Waals surface area contributed by atoms with E-state index in [0.29, 0.717) is 16.5 Å². The van der Waals surface area contributed by atoms with Gasteiger partial charge in [0.1, 0.15) is 11.4 Å². The maximum atomic E-state index is 12.8. The summed E-state index contributed by atoms with van der Waals surface area (Å²) in [4.78, 5) is 32.9. The summed E-state index contributed by atoms with van der Waals surface area (Å²) in [5, 5.41) is 3.01. The number of amides is 1. The molecule has 1 N–H and O–H groups in total. The van der Waals surface area contributed by atoms with Crippen molar-refractivity contribution in [2.45, 2.75) is 6.92 Å². The third-order valence-corrected chi connectivity index (χ3v) is 4.10. The SMILES string of the molecule is COc1cc(Cl)c(C)cc1-n1ccnc(NC(=O)c2ccccn2)c1=O. The lowest BCUT2D eigenvalue weighted by Gasteiger charge is -2.13. The summed E-state index contributed by atoms with van der Waals surface area (Å²) in [5.74, 6) is -0.207. The zero-order valence-corrected chi connectivity index (χ0v) is 14.8. The normalized spacial score (nSPS) is 10.4. The van der Waals surface area contributed by atoms with Crippen LogP contribution >= 0.6 is 11.6 Å². The van der Waals surface area contributed by atoms with Crippen LogP contribution in [0.4, 0.5) is 5.82 Å². The summed E-state index contributed by atoms with van der Waals surface area (Å²) in [7, 11) is 1.49. The quantitative estimate of drug-likeness (QED) is 0.763. The number of nitrogens with zero attached hydrogens (tertiary/aromatic N) is 3. The number of hydrogen-bond donors (Lipinski definition) is 1. The van der Waals surface area contributed by atoms with Gasteiger partial charge < -0.3 is 10.1 Å². The second kappa shape index (κ2) is 7.37. The zero-order valence-electron chi connectivity index (χ0n) is 14.1. The van der Waals surface area contributed by atoms with Crippen LogP contribution in [0, 0.1) is 6.92 Å². The third-order valence-electron chi connectivity index (χ3n) is 3.69. The number of methoxy groups -OCH3 is 1. The van der Waals surface area contributed by atoms with E-state index in [9.17, 15) is 9.59 Å². The number of pyridine rings is 1. The van der Waals surface area contributed by atoms with Gasteiger partial charge in [-0.05, 0) is 30.7 Å². The summed E-state index contributed by atoms with van der Waals surface area (Å²) in [6.07, 6.45) is 4.40. The molecule has 7 nitrogen and oxygen atoms in total. The van der Waals surface area contributed by atoms with E-state index >= 15 is 0 Å². The van der Waals surface area contributed by atoms with E-state index in [0.717, 1.165) is 5.56 Å². The number of nitrogens with one attached hydrogen (secondary N) is 1. The summed E-state index contributed by atoms with van der Waals surface area (Å²) in [6.45, 7) is 1.82. The van der Waals surface area contributed by atoms with Gasteiger partial charge in [0.05, 0.1) is 12.8 Å². The number of aryl methyl sites for hydroxylation is 1. The van der Waals surface area contributed by atoms with Crippen molar-refractivity contribution in [2.75, 3.05) is 12.4 Å². The molecule has 0 aliphatic carbocycles. The van der Waals surface area contributed by atoms with Crippen LogP contribution in [0.5, 0.6) is 5.75 Å². The Labute approximate surface area is 154 Å². The molecule has 132 valence electrons. The third kappa shape index (κ3) is 3.43. The predicted octanol–water partition coefficient (Wildman–Crippen LogP) is 2.85. The smallest absolute Gasteiger partial charge is 0.298 e. The number of carbonyl (C=O) groups excluding carboxylic acids is 1. The Morgan fingerprint density at radius 3 is 2.73 bits per heavy atom. The van der Waals surface area contributed by atoms with Crippen molar-refractivity contribution < 1.29 is 9.53 Å². The van der Waals surface area contributed by atoms with Crippen molar-refractivity contribution >= 4 is 23.3 Å². The van der Waals surface area contributed by atoms with Crippen LogP contribution in [0.25, 0.3) is 5.69 Å². The molecule has 26 heavy (non-hydrogen) atoms. The van der Waals surface area contributed by atoms with Crippen molar-refractivity contribution in [1.29, 1.82) is 0 Å². The molecule has 0 unspecified atom stereocenters. The molecule has 8 heteroatoms. The highest BCUT2D eigenvalue weighted by molar-refractivity contribution is 6.31. The fourth-order valence-corrected chi connectivity index (χ4v) is 2.51. The Hall–Kier alpha value is -3.19. The van der Waals surface area contributed by atoms with E-state index in [4.69, 9.17) is 16.3 Å². The van der Waals surface area contributed by atoms with Gasteiger partial charge >= 0.3 is 0 Å². The fourth-order valence-electron chi connectivity index (χ4n) is 2.36. The number of carbonyl (C=O) groups is 1. The van der Waals surface area contributed by atoms with Crippen LogP contribution in [0.2, 0.25) is 5.02 Å². The number of halogens is 1. The summed E-state index contributed by atoms with van der Waals surface area (Å²) >= 11 is 6.12. The lowest BCUT2D eigenvalue weighted by molar-refractivity contribution is 0.102. The van der Waals surface area contributed by atoms with Crippen LogP contribution in [0.1, 0.15) is 16.1 Å². The van der Waals surface area contributed by atoms with Gasteiger partial charge in [-0.1, -0.05) is 17.7 Å². The highest BCUT2D eigenvalue weighted by Crippen LogP contribution is 2.29. The fraction of sp³-hybridized carbons (Fsp3) is 0.111. The molecule has 0 radical (unpaired) electrons. The molecule has 3 rings (SSSR count). The summed E-state index contributed by atoms with van der Waals surface area (Å²) < 4.78 is 6.66. The van der Waals surface area contributed by atoms with Gasteiger partial charge in [0, 0.05) is 29.7 Å². The Kier molecular flexibility index (Phi) is 4.99. The molecule has 0 saturated heterocycles. The summed E-state index contributed by atoms with van der Waals surface area (Å²) in [5.41, 5.74) is 0.959. The second-order valence-electron chi connectivity index (χ2n) is 5.39. The van der Waals surface area contributed by atoms with Crippen molar-refractivity contribution in [3.8, 4) is 11.4 Å². The largest absolute Gasteiger partial charge is 0.495 e. The zero-order chi connectivity index (χ0) is 18.7. The van der Waals surface area contributed by atoms with Gasteiger partial charge in [-0.25, -0.2) is 4.98 Å². The van der Waals surface area contributed by atoms with Gasteiger partial charge in [-0.15, -0.1) is 0 Å². The monoisotopic (exact) mass is 370 g/mol. The van der Waals surface area contributed by atoms with Gasteiger partial charge in [0.25, 0.3) is 11.5 Å². The standard InChI is InChI=1S/C18H15ClN4O3/c1-11-9-14(15(26-2)10-12(11)19)23-8-7-21-16(18(23)25)22-17(24)13-5-3-4-6-20-13/h3-10H,1-2H3,(H,21,22,24). The van der Waals surface area contributed by atoms with Gasteiger partial charge in [0.15, 0.2) is 5.82 Å². The number of anilines is 1. The molecule has 0 spiro atoms. The molecular weight excluding hydrogens is 356 g/mol. The van der Waals surface area contributed by atoms with Crippen LogP contribution in [0.3, 0.4) is 0 Å². The lowest BCUT2D eigenvalue weighted by atomic mass is 10.2. The molecule has 0 bridgehead atoms. The van der Waals surface area contributed by atoms with E-state index in [-0.39, 0.29) is 11.5 Å². The van der Waals surface area contributed by atoms with Gasteiger partial charge in [0.2, 0.25) is 0 Å². The van der Waals surface area contributed by atoms with Crippen LogP contribution in [-0.2, 0) is 0 Å². The van der Waals surface area contributed by atoms with Gasteiger partial charge in [-0.2, -0.15) is 0 Å². The maximum absolute atomic E-state index is 12.8. The first kappa shape index (κ1) is 17.6. The van der Waals surface area contributed by atoms with E-state index in [1.165, 1.54) is 30.3 Å². The molecule has 2 aromatic heterocycles. The Morgan fingerprint density at radius 1 is 1.23 bits per heavy atom. The first-order chi connectivity index (χ1) is 12.5. The molecule has 0 atom stereocenters. The topological polar surface area (TPSA) is 86.1 Å². The second-order valence-corrected chi connectivity index (χ2v) is 5.80. The minimum Gasteiger partial charge on any atom is -0.495 e. The number of rotatable bonds is 4. The van der Waals surface area contributed by atoms with Crippen molar-refractivity contribution in [3.05, 3.63) is 75.6 Å². The number of hydrogen-bond acceptors (Lipinski definition) is 5. The van der Waals surface area contributed by atoms with Crippen LogP contribution in [0.15, 0.2) is 53.7 Å². The first-order valence-electron chi connectivity index (χ1n) is 7.66. The molecule has 0 aliphatic heterocycles. The predicted molar refractivity (Wildman–Crippen MR) is 98.3 cm³/mol. The number of benzene rings is 1. The molecule has 3 aromatic rings. The van der Waals surface area contributed by atoms with E-state index < -0.39 is 11.5 Å². The molecular formula is C18H15ClN4O3. The van der Waals surface area contributed by atoms with Crippen LogP contribution in [-0.4, -0.2) is 27.6 Å². The van der Waals surface area contributed by atoms with Crippen molar-refractivity contribution in [2.24, 2.45) is 0 Å². The van der Waals surface area contributed by atoms with E-state index in [1.54, 1.807) is 30.3 Å². The molecule has 1 aromatic carbocycles. The average molecular weight is 371 g/mol. The molecule has 0 saturated carbocycles. The Bertz CT molecular complexity index is 1020. The number of ether oxygens (including phenoxy) is 1. The number of aromatic nitrogens is 3. The van der Waals surface area contributed by atoms with Crippen molar-refractivity contribution in [3.63, 3.8) is 0 Å². The minimum atomic E-state index is -0.521. The molecule has 2 heterocycles. The van der Waals surface area contributed by atoms with Crippen LogP contribution < -0.4 is 15.6 Å². The highest BCUT2D eigenvalue weighted by Gasteiger charge is 2.15. The van der Waals surface area contributed by atoms with E-state index in [1.807, 2.05) is 6.92 Å². The van der Waals surface area contributed by atoms with Gasteiger partial charge in [-0.3, -0.25) is 19.1 Å². The molecule has 1 amide bonds. The molecule has 0 fully saturated rings. The maximum Gasteiger partial charge on any atom is 0.298 e. The van der Waals surface area contributed by atoms with E-state index in [2.05, 4.69) is 15.3 Å². The Balaban J connectivity index is 2.02. The first-order valence-corrected chi connectivity index (χ1v) is 8.03.